The van der Waals surface area contributed by atoms with Crippen LogP contribution in [0.5, 0.6) is 0 Å². The van der Waals surface area contributed by atoms with E-state index in [-0.39, 0.29) is 6.10 Å². The van der Waals surface area contributed by atoms with E-state index in [1.165, 1.54) is 0 Å². The quantitative estimate of drug-likeness (QED) is 0.169. The first-order chi connectivity index (χ1) is 14.3. The highest BCUT2D eigenvalue weighted by Gasteiger charge is 2.39. The lowest BCUT2D eigenvalue weighted by atomic mass is 9.80. The van der Waals surface area contributed by atoms with Gasteiger partial charge in [-0.2, -0.15) is 0 Å². The van der Waals surface area contributed by atoms with Gasteiger partial charge in [0.25, 0.3) is 0 Å². The van der Waals surface area contributed by atoms with Crippen molar-refractivity contribution in [1.82, 2.24) is 0 Å². The normalized spacial score (nSPS) is 13.2. The van der Waals surface area contributed by atoms with Gasteiger partial charge >= 0.3 is 0 Å². The first-order valence-corrected chi connectivity index (χ1v) is 11.3. The van der Waals surface area contributed by atoms with Crippen molar-refractivity contribution < 1.29 is 4.74 Å². The summed E-state index contributed by atoms with van der Waals surface area (Å²) >= 11 is 2.27. The average molecular weight is 494 g/mol. The molecule has 3 aromatic rings. The highest BCUT2D eigenvalue weighted by molar-refractivity contribution is 14.1. The van der Waals surface area contributed by atoms with Crippen LogP contribution in [0, 0.1) is 0 Å². The second kappa shape index (κ2) is 11.1. The van der Waals surface area contributed by atoms with Crippen LogP contribution in [-0.2, 0) is 10.3 Å². The third-order valence-corrected chi connectivity index (χ3v) is 5.34. The molecule has 0 aromatic heterocycles. The molecule has 148 valence electrons. The minimum absolute atomic E-state index is 0.0460. The van der Waals surface area contributed by atoms with E-state index in [0.29, 0.717) is 0 Å². The lowest BCUT2D eigenvalue weighted by Gasteiger charge is -2.38. The van der Waals surface area contributed by atoms with E-state index in [4.69, 9.17) is 4.74 Å². The molecule has 29 heavy (non-hydrogen) atoms. The molecule has 0 fully saturated rings. The van der Waals surface area contributed by atoms with Crippen molar-refractivity contribution in [3.05, 3.63) is 130 Å². The average Bonchev–Trinajstić information content (AvgIpc) is 2.79. The molecule has 0 bridgehead atoms. The second-order valence-electron chi connectivity index (χ2n) is 6.87. The molecule has 1 atom stereocenters. The molecule has 2 heteroatoms. The van der Waals surface area contributed by atoms with E-state index >= 15 is 0 Å². The molecule has 0 aliphatic carbocycles. The highest BCUT2D eigenvalue weighted by Crippen LogP contribution is 2.41. The molecule has 0 radical (unpaired) electrons. The Bertz CT molecular complexity index is 804. The first-order valence-electron chi connectivity index (χ1n) is 10.1. The van der Waals surface area contributed by atoms with E-state index in [0.717, 1.165) is 29.5 Å². The summed E-state index contributed by atoms with van der Waals surface area (Å²) in [6, 6.07) is 31.6. The van der Waals surface area contributed by atoms with Crippen LogP contribution in [0.2, 0.25) is 0 Å². The van der Waals surface area contributed by atoms with E-state index < -0.39 is 5.60 Å². The number of halogens is 1. The van der Waals surface area contributed by atoms with Gasteiger partial charge in [0, 0.05) is 0 Å². The molecule has 0 heterocycles. The second-order valence-corrected chi connectivity index (χ2v) is 7.59. The summed E-state index contributed by atoms with van der Waals surface area (Å²) in [5.74, 6) is 0. The highest BCUT2D eigenvalue weighted by atomic mass is 127. The molecule has 3 aromatic carbocycles. The topological polar surface area (TPSA) is 9.23 Å². The Morgan fingerprint density at radius 2 is 1.21 bits per heavy atom. The minimum atomic E-state index is -0.690. The fourth-order valence-corrected chi connectivity index (χ4v) is 4.06. The summed E-state index contributed by atoms with van der Waals surface area (Å²) in [5.41, 5.74) is 2.70. The molecule has 0 spiro atoms. The van der Waals surface area contributed by atoms with Gasteiger partial charge < -0.3 is 4.74 Å². The lowest BCUT2D eigenvalue weighted by molar-refractivity contribution is -0.0227. The molecule has 0 aliphatic rings. The number of ether oxygens (including phenoxy) is 1. The van der Waals surface area contributed by atoms with Gasteiger partial charge in [-0.1, -0.05) is 133 Å². The van der Waals surface area contributed by atoms with Crippen LogP contribution < -0.4 is 0 Å². The van der Waals surface area contributed by atoms with E-state index in [9.17, 15) is 0 Å². The fourth-order valence-electron chi connectivity index (χ4n) is 3.59. The Labute approximate surface area is 188 Å². The predicted octanol–water partition coefficient (Wildman–Crippen LogP) is 7.67. The largest absolute Gasteiger partial charge is 0.353 e. The van der Waals surface area contributed by atoms with Crippen LogP contribution in [-0.4, -0.2) is 6.10 Å². The van der Waals surface area contributed by atoms with E-state index in [1.54, 1.807) is 0 Å². The van der Waals surface area contributed by atoms with Crippen molar-refractivity contribution in [2.75, 3.05) is 0 Å². The van der Waals surface area contributed by atoms with Gasteiger partial charge in [0.15, 0.2) is 0 Å². The van der Waals surface area contributed by atoms with E-state index in [2.05, 4.69) is 139 Å². The zero-order valence-corrected chi connectivity index (χ0v) is 18.9. The van der Waals surface area contributed by atoms with Crippen molar-refractivity contribution in [2.24, 2.45) is 0 Å². The molecule has 0 N–H and O–H groups in total. The molecule has 0 amide bonds. The molecule has 0 saturated carbocycles. The van der Waals surface area contributed by atoms with Crippen molar-refractivity contribution in [1.29, 1.82) is 0 Å². The zero-order chi connectivity index (χ0) is 20.4. The number of allylic oxidation sites excluding steroid dienone is 1. The van der Waals surface area contributed by atoms with Gasteiger partial charge in [-0.05, 0) is 39.7 Å². The molecule has 1 nitrogen and oxygen atoms in total. The third kappa shape index (κ3) is 5.26. The SMILES string of the molecule is CCC=CCC(C=CI)OC(c1ccccc1)(c1ccccc1)c1ccccc1. The maximum absolute atomic E-state index is 7.04. The van der Waals surface area contributed by atoms with Gasteiger partial charge in [0.05, 0.1) is 6.10 Å². The van der Waals surface area contributed by atoms with Crippen LogP contribution in [0.3, 0.4) is 0 Å². The Kier molecular flexibility index (Phi) is 8.26. The van der Waals surface area contributed by atoms with Crippen LogP contribution >= 0.6 is 22.6 Å². The van der Waals surface area contributed by atoms with E-state index in [1.807, 2.05) is 4.08 Å². The van der Waals surface area contributed by atoms with Crippen LogP contribution in [0.25, 0.3) is 0 Å². The molecule has 1 unspecified atom stereocenters. The minimum Gasteiger partial charge on any atom is -0.353 e. The number of rotatable bonds is 9. The summed E-state index contributed by atoms with van der Waals surface area (Å²) in [7, 11) is 0. The summed E-state index contributed by atoms with van der Waals surface area (Å²) in [6.45, 7) is 2.16. The lowest BCUT2D eigenvalue weighted by Crippen LogP contribution is -2.36. The summed E-state index contributed by atoms with van der Waals surface area (Å²) < 4.78 is 9.09. The molecule has 3 rings (SSSR count). The van der Waals surface area contributed by atoms with Gasteiger partial charge in [0.1, 0.15) is 5.60 Å². The zero-order valence-electron chi connectivity index (χ0n) is 16.7. The first kappa shape index (κ1) is 21.5. The predicted molar refractivity (Wildman–Crippen MR) is 131 cm³/mol. The Morgan fingerprint density at radius 3 is 1.59 bits per heavy atom. The molecule has 0 aliphatic heterocycles. The smallest absolute Gasteiger partial charge is 0.144 e. The van der Waals surface area contributed by atoms with Gasteiger partial charge in [-0.3, -0.25) is 0 Å². The van der Waals surface area contributed by atoms with Crippen molar-refractivity contribution in [2.45, 2.75) is 31.5 Å². The maximum Gasteiger partial charge on any atom is 0.144 e. The van der Waals surface area contributed by atoms with Crippen molar-refractivity contribution >= 4 is 22.6 Å². The maximum atomic E-state index is 7.04. The van der Waals surface area contributed by atoms with Crippen LogP contribution in [0.4, 0.5) is 0 Å². The van der Waals surface area contributed by atoms with Crippen LogP contribution in [0.1, 0.15) is 36.5 Å². The molecular weight excluding hydrogens is 467 g/mol. The number of benzene rings is 3. The summed E-state index contributed by atoms with van der Waals surface area (Å²) in [4.78, 5) is 0. The van der Waals surface area contributed by atoms with Crippen LogP contribution in [0.15, 0.2) is 113 Å². The Hall–Kier alpha value is -2.17. The third-order valence-electron chi connectivity index (χ3n) is 4.93. The Morgan fingerprint density at radius 1 is 0.759 bits per heavy atom. The monoisotopic (exact) mass is 494 g/mol. The standard InChI is InChI=1S/C27H27IO/c1-2-3-7-20-26(21-22-28)29-27(23-14-8-4-9-15-23,24-16-10-5-11-17-24)25-18-12-6-13-19-25/h3-19,21-22,26H,2,20H2,1H3. The molecular formula is C27H27IO. The van der Waals surface area contributed by atoms with Gasteiger partial charge in [-0.25, -0.2) is 0 Å². The summed E-state index contributed by atoms with van der Waals surface area (Å²) in [5, 5.41) is 0. The summed E-state index contributed by atoms with van der Waals surface area (Å²) in [6.07, 6.45) is 8.38. The van der Waals surface area contributed by atoms with Gasteiger partial charge in [0.2, 0.25) is 0 Å². The molecule has 0 saturated heterocycles. The fraction of sp³-hybridized carbons (Fsp3) is 0.185. The number of hydrogen-bond donors (Lipinski definition) is 0. The Balaban J connectivity index is 2.20. The van der Waals surface area contributed by atoms with Crippen molar-refractivity contribution in [3.8, 4) is 0 Å². The van der Waals surface area contributed by atoms with Gasteiger partial charge in [-0.15, -0.1) is 0 Å². The van der Waals surface area contributed by atoms with Crippen molar-refractivity contribution in [3.63, 3.8) is 0 Å². The number of hydrogen-bond acceptors (Lipinski definition) is 1.